The summed E-state index contributed by atoms with van der Waals surface area (Å²) in [4.78, 5) is 0. The Labute approximate surface area is 76.4 Å². The van der Waals surface area contributed by atoms with Crippen molar-refractivity contribution >= 4 is 5.71 Å². The number of nitriles is 2. The van der Waals surface area contributed by atoms with Crippen LogP contribution >= 0.6 is 0 Å². The molecule has 0 aromatic heterocycles. The first-order valence-corrected chi connectivity index (χ1v) is 3.72. The molecule has 13 heavy (non-hydrogen) atoms. The highest BCUT2D eigenvalue weighted by Gasteiger charge is 2.13. The summed E-state index contributed by atoms with van der Waals surface area (Å²) in [5.74, 6) is -0.970. The van der Waals surface area contributed by atoms with Gasteiger partial charge in [-0.15, -0.1) is 0 Å². The molecular weight excluding hydrogens is 162 g/mol. The zero-order chi connectivity index (χ0) is 9.68. The minimum absolute atomic E-state index is 0.0607. The minimum atomic E-state index is -0.970. The number of hydrogen-bond acceptors (Lipinski definition) is 3. The molecule has 0 saturated heterocycles. The number of hydrogen-bond donors (Lipinski definition) is 1. The third kappa shape index (κ3) is 1.91. The monoisotopic (exact) mass is 169 g/mol. The Morgan fingerprint density at radius 2 is 1.69 bits per heavy atom. The van der Waals surface area contributed by atoms with Crippen LogP contribution in [0.5, 0.6) is 0 Å². The molecule has 0 aliphatic heterocycles. The van der Waals surface area contributed by atoms with Gasteiger partial charge in [0.05, 0.1) is 17.9 Å². The maximum absolute atomic E-state index is 8.54. The maximum atomic E-state index is 8.54. The molecule has 1 rings (SSSR count). The Morgan fingerprint density at radius 3 is 2.15 bits per heavy atom. The zero-order valence-corrected chi connectivity index (χ0v) is 6.86. The van der Waals surface area contributed by atoms with Crippen LogP contribution in [0.1, 0.15) is 5.56 Å². The van der Waals surface area contributed by atoms with E-state index in [-0.39, 0.29) is 5.71 Å². The molecular formula is C10H7N3. The van der Waals surface area contributed by atoms with E-state index in [4.69, 9.17) is 15.9 Å². The first kappa shape index (κ1) is 8.96. The van der Waals surface area contributed by atoms with Crippen molar-refractivity contribution in [1.29, 1.82) is 15.9 Å². The average Bonchev–Trinajstić information content (AvgIpc) is 2.21. The highest BCUT2D eigenvalue weighted by atomic mass is 14.5. The van der Waals surface area contributed by atoms with Crippen molar-refractivity contribution in [1.82, 2.24) is 0 Å². The van der Waals surface area contributed by atoms with Gasteiger partial charge in [-0.1, -0.05) is 30.3 Å². The molecule has 0 amide bonds. The van der Waals surface area contributed by atoms with Gasteiger partial charge in [0.15, 0.2) is 5.92 Å². The normalized spacial score (nSPS) is 8.85. The van der Waals surface area contributed by atoms with Crippen molar-refractivity contribution in [3.05, 3.63) is 35.9 Å². The van der Waals surface area contributed by atoms with Crippen LogP contribution in [0.4, 0.5) is 0 Å². The third-order valence-electron chi connectivity index (χ3n) is 1.63. The summed E-state index contributed by atoms with van der Waals surface area (Å²) < 4.78 is 0. The lowest BCUT2D eigenvalue weighted by Crippen LogP contribution is -2.10. The molecule has 0 fully saturated rings. The number of nitrogens with zero attached hydrogens (tertiary/aromatic N) is 2. The van der Waals surface area contributed by atoms with Crippen molar-refractivity contribution in [2.24, 2.45) is 5.92 Å². The predicted molar refractivity (Wildman–Crippen MR) is 48.0 cm³/mol. The molecule has 3 nitrogen and oxygen atoms in total. The second kappa shape index (κ2) is 4.04. The maximum Gasteiger partial charge on any atom is 0.174 e. The third-order valence-corrected chi connectivity index (χ3v) is 1.63. The summed E-state index contributed by atoms with van der Waals surface area (Å²) in [7, 11) is 0. The van der Waals surface area contributed by atoms with Gasteiger partial charge in [0.2, 0.25) is 0 Å². The quantitative estimate of drug-likeness (QED) is 0.684. The number of rotatable bonds is 2. The molecule has 0 aliphatic rings. The van der Waals surface area contributed by atoms with Gasteiger partial charge in [0.1, 0.15) is 0 Å². The molecule has 1 aromatic carbocycles. The van der Waals surface area contributed by atoms with Gasteiger partial charge in [0, 0.05) is 0 Å². The van der Waals surface area contributed by atoms with Gasteiger partial charge in [-0.2, -0.15) is 10.5 Å². The molecule has 0 heterocycles. The van der Waals surface area contributed by atoms with E-state index >= 15 is 0 Å². The van der Waals surface area contributed by atoms with Crippen molar-refractivity contribution in [2.45, 2.75) is 0 Å². The average molecular weight is 169 g/mol. The van der Waals surface area contributed by atoms with Crippen LogP contribution in [-0.2, 0) is 0 Å². The molecule has 1 aromatic rings. The summed E-state index contributed by atoms with van der Waals surface area (Å²) in [5.41, 5.74) is 0.682. The van der Waals surface area contributed by atoms with Crippen LogP contribution in [0, 0.1) is 34.0 Å². The second-order valence-electron chi connectivity index (χ2n) is 2.47. The van der Waals surface area contributed by atoms with Crippen LogP contribution < -0.4 is 0 Å². The first-order chi connectivity index (χ1) is 6.29. The standard InChI is InChI=1S/C10H7N3/c11-6-9(7-12)10(13)8-4-2-1-3-5-8/h1-5,9,13H. The first-order valence-electron chi connectivity index (χ1n) is 3.72. The molecule has 0 saturated carbocycles. The van der Waals surface area contributed by atoms with Gasteiger partial charge in [-0.05, 0) is 5.56 Å². The van der Waals surface area contributed by atoms with E-state index in [0.717, 1.165) is 0 Å². The Kier molecular flexibility index (Phi) is 2.78. The van der Waals surface area contributed by atoms with E-state index in [9.17, 15) is 0 Å². The largest absolute Gasteiger partial charge is 0.302 e. The summed E-state index contributed by atoms with van der Waals surface area (Å²) >= 11 is 0. The molecule has 0 atom stereocenters. The Morgan fingerprint density at radius 1 is 1.15 bits per heavy atom. The molecule has 0 aliphatic carbocycles. The summed E-state index contributed by atoms with van der Waals surface area (Å²) in [6, 6.07) is 12.3. The molecule has 1 N–H and O–H groups in total. The van der Waals surface area contributed by atoms with Gasteiger partial charge in [0.25, 0.3) is 0 Å². The molecule has 0 spiro atoms. The lowest BCUT2D eigenvalue weighted by Gasteiger charge is -2.01. The van der Waals surface area contributed by atoms with E-state index < -0.39 is 5.92 Å². The summed E-state index contributed by atoms with van der Waals surface area (Å²) in [6.07, 6.45) is 0. The van der Waals surface area contributed by atoms with E-state index in [2.05, 4.69) is 0 Å². The number of benzene rings is 1. The van der Waals surface area contributed by atoms with E-state index in [1.165, 1.54) is 0 Å². The number of nitrogens with one attached hydrogen (secondary N) is 1. The van der Waals surface area contributed by atoms with Crippen LogP contribution in [-0.4, -0.2) is 5.71 Å². The topological polar surface area (TPSA) is 71.4 Å². The Bertz CT molecular complexity index is 367. The second-order valence-corrected chi connectivity index (χ2v) is 2.47. The molecule has 0 radical (unpaired) electrons. The van der Waals surface area contributed by atoms with Crippen molar-refractivity contribution in [3.63, 3.8) is 0 Å². The van der Waals surface area contributed by atoms with E-state index in [0.29, 0.717) is 5.56 Å². The fourth-order valence-electron chi connectivity index (χ4n) is 0.942. The summed E-state index contributed by atoms with van der Waals surface area (Å²) in [5, 5.41) is 24.6. The highest BCUT2D eigenvalue weighted by Crippen LogP contribution is 2.06. The highest BCUT2D eigenvalue weighted by molar-refractivity contribution is 6.02. The van der Waals surface area contributed by atoms with Crippen LogP contribution in [0.25, 0.3) is 0 Å². The molecule has 0 bridgehead atoms. The molecule has 3 heteroatoms. The zero-order valence-electron chi connectivity index (χ0n) is 6.86. The Hall–Kier alpha value is -2.13. The van der Waals surface area contributed by atoms with Gasteiger partial charge >= 0.3 is 0 Å². The van der Waals surface area contributed by atoms with E-state index in [1.54, 1.807) is 36.4 Å². The van der Waals surface area contributed by atoms with Crippen LogP contribution in [0.15, 0.2) is 30.3 Å². The molecule has 0 unspecified atom stereocenters. The SMILES string of the molecule is N#CC(C#N)C(=N)c1ccccc1. The molecule has 62 valence electrons. The minimum Gasteiger partial charge on any atom is -0.302 e. The van der Waals surface area contributed by atoms with Crippen LogP contribution in [0.2, 0.25) is 0 Å². The van der Waals surface area contributed by atoms with E-state index in [1.807, 2.05) is 6.07 Å². The van der Waals surface area contributed by atoms with Crippen molar-refractivity contribution < 1.29 is 0 Å². The predicted octanol–water partition coefficient (Wildman–Crippen LogP) is 1.72. The fraction of sp³-hybridized carbons (Fsp3) is 0.100. The van der Waals surface area contributed by atoms with Gasteiger partial charge in [-0.3, -0.25) is 0 Å². The lowest BCUT2D eigenvalue weighted by atomic mass is 10.00. The lowest BCUT2D eigenvalue weighted by molar-refractivity contribution is 1.13. The van der Waals surface area contributed by atoms with Crippen molar-refractivity contribution in [3.8, 4) is 12.1 Å². The van der Waals surface area contributed by atoms with Gasteiger partial charge < -0.3 is 5.41 Å². The van der Waals surface area contributed by atoms with Crippen LogP contribution in [0.3, 0.4) is 0 Å². The fourth-order valence-corrected chi connectivity index (χ4v) is 0.942. The smallest absolute Gasteiger partial charge is 0.174 e. The summed E-state index contributed by atoms with van der Waals surface area (Å²) in [6.45, 7) is 0. The Balaban J connectivity index is 2.95. The van der Waals surface area contributed by atoms with Gasteiger partial charge in [-0.25, -0.2) is 0 Å². The van der Waals surface area contributed by atoms with Crippen molar-refractivity contribution in [2.75, 3.05) is 0 Å².